The van der Waals surface area contributed by atoms with E-state index in [-0.39, 0.29) is 11.3 Å². The monoisotopic (exact) mass is 326 g/mol. The zero-order valence-electron chi connectivity index (χ0n) is 9.47. The van der Waals surface area contributed by atoms with Gasteiger partial charge in [0.25, 0.3) is 5.92 Å². The summed E-state index contributed by atoms with van der Waals surface area (Å²) in [5.74, 6) is -4.56. The van der Waals surface area contributed by atoms with E-state index in [1.54, 1.807) is 6.92 Å². The van der Waals surface area contributed by atoms with Crippen molar-refractivity contribution < 1.29 is 18.7 Å². The highest BCUT2D eigenvalue weighted by Crippen LogP contribution is 2.41. The van der Waals surface area contributed by atoms with Gasteiger partial charge in [-0.3, -0.25) is 4.79 Å². The number of halogens is 3. The molecule has 1 aromatic heterocycles. The second-order valence-electron chi connectivity index (χ2n) is 4.13. The molecular weight excluding hydrogens is 314 g/mol. The van der Waals surface area contributed by atoms with Gasteiger partial charge in [-0.15, -0.1) is 11.3 Å². The molecule has 0 saturated carbocycles. The first-order chi connectivity index (χ1) is 7.72. The smallest absolute Gasteiger partial charge is 0.303 e. The molecule has 0 aromatic carbocycles. The molecule has 1 aromatic rings. The molecule has 0 saturated heterocycles. The van der Waals surface area contributed by atoms with Gasteiger partial charge >= 0.3 is 5.97 Å². The summed E-state index contributed by atoms with van der Waals surface area (Å²) in [5, 5.41) is 8.55. The number of hydrogen-bond acceptors (Lipinski definition) is 2. The van der Waals surface area contributed by atoms with Crippen molar-refractivity contribution in [3.8, 4) is 0 Å². The Balaban J connectivity index is 2.77. The van der Waals surface area contributed by atoms with Crippen LogP contribution in [0.5, 0.6) is 0 Å². The maximum atomic E-state index is 13.8. The van der Waals surface area contributed by atoms with Gasteiger partial charge in [0.05, 0.1) is 4.88 Å². The lowest BCUT2D eigenvalue weighted by molar-refractivity contribution is -0.138. The lowest BCUT2D eigenvalue weighted by Gasteiger charge is -2.18. The Kier molecular flexibility index (Phi) is 4.66. The van der Waals surface area contributed by atoms with E-state index in [2.05, 4.69) is 15.9 Å². The zero-order valence-corrected chi connectivity index (χ0v) is 11.9. The third-order valence-corrected chi connectivity index (χ3v) is 4.59. The third-order valence-electron chi connectivity index (χ3n) is 2.35. The van der Waals surface area contributed by atoms with Crippen molar-refractivity contribution in [2.75, 3.05) is 0 Å². The van der Waals surface area contributed by atoms with Crippen molar-refractivity contribution in [1.29, 1.82) is 0 Å². The third kappa shape index (κ3) is 4.03. The minimum absolute atomic E-state index is 0.0147. The van der Waals surface area contributed by atoms with Gasteiger partial charge in [0.2, 0.25) is 0 Å². The van der Waals surface area contributed by atoms with Crippen molar-refractivity contribution in [2.45, 2.75) is 32.6 Å². The summed E-state index contributed by atoms with van der Waals surface area (Å²) in [6.45, 7) is 3.28. The molecule has 1 rings (SSSR count). The van der Waals surface area contributed by atoms with Crippen molar-refractivity contribution in [2.24, 2.45) is 5.92 Å². The van der Waals surface area contributed by atoms with Crippen LogP contribution in [0.1, 0.15) is 29.5 Å². The summed E-state index contributed by atoms with van der Waals surface area (Å²) >= 11 is 4.24. The fourth-order valence-corrected chi connectivity index (χ4v) is 3.07. The number of rotatable bonds is 5. The maximum absolute atomic E-state index is 13.8. The van der Waals surface area contributed by atoms with Crippen LogP contribution in [-0.4, -0.2) is 11.1 Å². The van der Waals surface area contributed by atoms with E-state index in [1.807, 2.05) is 0 Å². The van der Waals surface area contributed by atoms with Crippen molar-refractivity contribution >= 4 is 33.2 Å². The molecule has 1 heterocycles. The summed E-state index contributed by atoms with van der Waals surface area (Å²) < 4.78 is 28.4. The highest BCUT2D eigenvalue weighted by Gasteiger charge is 2.36. The number of thiophene rings is 1. The first kappa shape index (κ1) is 14.6. The SMILES string of the molecule is Cc1sc(C(F)(F)CC(C)CC(=O)O)cc1Br. The number of carbonyl (C=O) groups is 1. The molecule has 96 valence electrons. The van der Waals surface area contributed by atoms with Crippen LogP contribution in [0.2, 0.25) is 0 Å². The average Bonchev–Trinajstić information content (AvgIpc) is 2.44. The van der Waals surface area contributed by atoms with Gasteiger partial charge in [0.15, 0.2) is 0 Å². The topological polar surface area (TPSA) is 37.3 Å². The predicted octanol–water partition coefficient (Wildman–Crippen LogP) is 4.41. The molecule has 0 bridgehead atoms. The van der Waals surface area contributed by atoms with Gasteiger partial charge in [-0.2, -0.15) is 0 Å². The quantitative estimate of drug-likeness (QED) is 0.870. The van der Waals surface area contributed by atoms with E-state index in [9.17, 15) is 13.6 Å². The van der Waals surface area contributed by atoms with E-state index < -0.39 is 24.2 Å². The summed E-state index contributed by atoms with van der Waals surface area (Å²) in [6, 6.07) is 1.41. The van der Waals surface area contributed by atoms with Crippen LogP contribution in [0.3, 0.4) is 0 Å². The Morgan fingerprint density at radius 3 is 2.65 bits per heavy atom. The van der Waals surface area contributed by atoms with Crippen molar-refractivity contribution in [3.63, 3.8) is 0 Å². The number of aliphatic carboxylic acids is 1. The number of aryl methyl sites for hydroxylation is 1. The molecule has 1 unspecified atom stereocenters. The molecule has 0 aliphatic rings. The van der Waals surface area contributed by atoms with E-state index >= 15 is 0 Å². The Hall–Kier alpha value is -0.490. The minimum atomic E-state index is -2.96. The molecule has 0 aliphatic carbocycles. The standard InChI is InChI=1S/C11H13BrF2O2S/c1-6(3-10(15)16)5-11(13,14)9-4-8(12)7(2)17-9/h4,6H,3,5H2,1-2H3,(H,15,16). The van der Waals surface area contributed by atoms with E-state index in [1.165, 1.54) is 13.0 Å². The predicted molar refractivity (Wildman–Crippen MR) is 66.7 cm³/mol. The maximum Gasteiger partial charge on any atom is 0.303 e. The Morgan fingerprint density at radius 2 is 2.24 bits per heavy atom. The Bertz CT molecular complexity index is 398. The molecule has 6 heteroatoms. The molecule has 2 nitrogen and oxygen atoms in total. The van der Waals surface area contributed by atoms with Crippen molar-refractivity contribution in [3.05, 3.63) is 20.3 Å². The molecule has 0 amide bonds. The van der Waals surface area contributed by atoms with Crippen LogP contribution in [-0.2, 0) is 10.7 Å². The number of carboxylic acids is 1. The van der Waals surface area contributed by atoms with Gasteiger partial charge in [0, 0.05) is 22.2 Å². The molecule has 0 fully saturated rings. The Labute approximate surface area is 111 Å². The first-order valence-electron chi connectivity index (χ1n) is 5.08. The van der Waals surface area contributed by atoms with Crippen LogP contribution in [0.4, 0.5) is 8.78 Å². The van der Waals surface area contributed by atoms with Crippen molar-refractivity contribution in [1.82, 2.24) is 0 Å². The summed E-state index contributed by atoms with van der Waals surface area (Å²) in [6.07, 6.45) is -0.674. The van der Waals surface area contributed by atoms with Gasteiger partial charge in [0.1, 0.15) is 0 Å². The van der Waals surface area contributed by atoms with Gasteiger partial charge < -0.3 is 5.11 Å². The number of hydrogen-bond donors (Lipinski definition) is 1. The van der Waals surface area contributed by atoms with Crippen LogP contribution in [0, 0.1) is 12.8 Å². The lowest BCUT2D eigenvalue weighted by Crippen LogP contribution is -2.18. The van der Waals surface area contributed by atoms with Gasteiger partial charge in [-0.05, 0) is 34.8 Å². The van der Waals surface area contributed by atoms with E-state index in [0.717, 1.165) is 16.2 Å². The Morgan fingerprint density at radius 1 is 1.65 bits per heavy atom. The highest BCUT2D eigenvalue weighted by molar-refractivity contribution is 9.10. The zero-order chi connectivity index (χ0) is 13.2. The largest absolute Gasteiger partial charge is 0.481 e. The summed E-state index contributed by atoms with van der Waals surface area (Å²) in [5.41, 5.74) is 0. The molecule has 1 atom stereocenters. The fourth-order valence-electron chi connectivity index (χ4n) is 1.55. The normalized spacial score (nSPS) is 13.7. The fraction of sp³-hybridized carbons (Fsp3) is 0.545. The number of carboxylic acid groups (broad SMARTS) is 1. The second kappa shape index (κ2) is 5.44. The second-order valence-corrected chi connectivity index (χ2v) is 6.24. The molecule has 17 heavy (non-hydrogen) atoms. The van der Waals surface area contributed by atoms with Crippen LogP contribution in [0.25, 0.3) is 0 Å². The number of alkyl halides is 2. The highest BCUT2D eigenvalue weighted by atomic mass is 79.9. The lowest BCUT2D eigenvalue weighted by atomic mass is 9.99. The summed E-state index contributed by atoms with van der Waals surface area (Å²) in [7, 11) is 0. The minimum Gasteiger partial charge on any atom is -0.481 e. The molecule has 0 radical (unpaired) electrons. The molecule has 0 aliphatic heterocycles. The van der Waals surface area contributed by atoms with Crippen LogP contribution < -0.4 is 0 Å². The van der Waals surface area contributed by atoms with E-state index in [4.69, 9.17) is 5.11 Å². The van der Waals surface area contributed by atoms with Crippen LogP contribution >= 0.6 is 27.3 Å². The van der Waals surface area contributed by atoms with Crippen LogP contribution in [0.15, 0.2) is 10.5 Å². The molecule has 1 N–H and O–H groups in total. The van der Waals surface area contributed by atoms with E-state index in [0.29, 0.717) is 4.47 Å². The van der Waals surface area contributed by atoms with Gasteiger partial charge in [-0.1, -0.05) is 6.92 Å². The first-order valence-corrected chi connectivity index (χ1v) is 6.69. The summed E-state index contributed by atoms with van der Waals surface area (Å²) in [4.78, 5) is 11.2. The molecule has 0 spiro atoms. The molecular formula is C11H13BrF2O2S. The van der Waals surface area contributed by atoms with Gasteiger partial charge in [-0.25, -0.2) is 8.78 Å². The average molecular weight is 327 g/mol.